The number of imidazole rings is 1. The predicted octanol–water partition coefficient (Wildman–Crippen LogP) is 4.54. The molecule has 2 amide bonds. The fourth-order valence-electron chi connectivity index (χ4n) is 5.39. The molecule has 0 saturated carbocycles. The predicted molar refractivity (Wildman–Crippen MR) is 155 cm³/mol. The number of hydrogen-bond acceptors (Lipinski definition) is 5. The fourth-order valence-corrected chi connectivity index (χ4v) is 5.80. The first kappa shape index (κ1) is 27.4. The van der Waals surface area contributed by atoms with E-state index in [0.717, 1.165) is 72.6 Å². The lowest BCUT2D eigenvalue weighted by Crippen LogP contribution is -2.49. The highest BCUT2D eigenvalue weighted by Gasteiger charge is 2.33. The van der Waals surface area contributed by atoms with Crippen LogP contribution in [0.5, 0.6) is 5.75 Å². The molecule has 0 spiro atoms. The SMILES string of the molecule is CCOc1ccc(Br)cc1CN1CCN(C(=O)c2c(N(C)C(=O)Cc3ccccc3)nc3n2CCCC3)CC1. The van der Waals surface area contributed by atoms with E-state index in [2.05, 4.69) is 31.5 Å². The molecule has 0 radical (unpaired) electrons. The average Bonchev–Trinajstić information content (AvgIpc) is 3.34. The summed E-state index contributed by atoms with van der Waals surface area (Å²) in [6.45, 7) is 6.92. The van der Waals surface area contributed by atoms with Gasteiger partial charge in [0.15, 0.2) is 11.5 Å². The van der Waals surface area contributed by atoms with E-state index < -0.39 is 0 Å². The van der Waals surface area contributed by atoms with Crippen LogP contribution >= 0.6 is 15.9 Å². The second-order valence-electron chi connectivity index (χ2n) is 10.2. The van der Waals surface area contributed by atoms with Crippen molar-refractivity contribution in [3.63, 3.8) is 0 Å². The molecule has 0 unspecified atom stereocenters. The largest absolute Gasteiger partial charge is 0.494 e. The Morgan fingerprint density at radius 1 is 1.03 bits per heavy atom. The number of amides is 2. The maximum Gasteiger partial charge on any atom is 0.274 e. The zero-order valence-corrected chi connectivity index (χ0v) is 24.3. The smallest absolute Gasteiger partial charge is 0.274 e. The summed E-state index contributed by atoms with van der Waals surface area (Å²) in [7, 11) is 1.74. The van der Waals surface area contributed by atoms with Crippen molar-refractivity contribution in [2.75, 3.05) is 44.7 Å². The summed E-state index contributed by atoms with van der Waals surface area (Å²) in [5.74, 6) is 2.17. The topological polar surface area (TPSA) is 70.9 Å². The first-order valence-electron chi connectivity index (χ1n) is 13.8. The number of benzene rings is 2. The van der Waals surface area contributed by atoms with E-state index in [1.807, 2.05) is 54.3 Å². The third kappa shape index (κ3) is 6.20. The highest BCUT2D eigenvalue weighted by atomic mass is 79.9. The Kier molecular flexibility index (Phi) is 8.67. The van der Waals surface area contributed by atoms with Crippen LogP contribution < -0.4 is 9.64 Å². The summed E-state index contributed by atoms with van der Waals surface area (Å²) >= 11 is 3.58. The fraction of sp³-hybridized carbons (Fsp3) is 0.433. The molecule has 9 heteroatoms. The lowest BCUT2D eigenvalue weighted by Gasteiger charge is -2.35. The number of likely N-dealkylation sites (N-methyl/N-ethyl adjacent to an activating group) is 1. The molecule has 1 fully saturated rings. The number of fused-ring (bicyclic) bond motifs is 1. The third-order valence-corrected chi connectivity index (χ3v) is 8.02. The van der Waals surface area contributed by atoms with Crippen LogP contribution in [0.2, 0.25) is 0 Å². The van der Waals surface area contributed by atoms with Gasteiger partial charge in [0.2, 0.25) is 5.91 Å². The normalized spacial score (nSPS) is 15.6. The minimum atomic E-state index is -0.0744. The Hall–Kier alpha value is -3.17. The molecule has 8 nitrogen and oxygen atoms in total. The van der Waals surface area contributed by atoms with Crippen LogP contribution in [-0.4, -0.2) is 71.0 Å². The van der Waals surface area contributed by atoms with Crippen molar-refractivity contribution in [1.29, 1.82) is 0 Å². The zero-order valence-electron chi connectivity index (χ0n) is 22.7. The summed E-state index contributed by atoms with van der Waals surface area (Å²) in [6, 6.07) is 15.8. The molecule has 0 bridgehead atoms. The van der Waals surface area contributed by atoms with Crippen molar-refractivity contribution in [3.8, 4) is 5.75 Å². The molecule has 3 heterocycles. The van der Waals surface area contributed by atoms with Gasteiger partial charge < -0.3 is 14.2 Å². The molecule has 2 aliphatic heterocycles. The van der Waals surface area contributed by atoms with Gasteiger partial charge in [-0.2, -0.15) is 0 Å². The summed E-state index contributed by atoms with van der Waals surface area (Å²) in [6.07, 6.45) is 3.14. The Balaban J connectivity index is 1.31. The van der Waals surface area contributed by atoms with Gasteiger partial charge in [-0.25, -0.2) is 4.98 Å². The average molecular weight is 595 g/mol. The quantitative estimate of drug-likeness (QED) is 0.383. The highest BCUT2D eigenvalue weighted by molar-refractivity contribution is 9.10. The highest BCUT2D eigenvalue weighted by Crippen LogP contribution is 2.29. The molecule has 2 aliphatic rings. The first-order valence-corrected chi connectivity index (χ1v) is 14.6. The minimum absolute atomic E-state index is 0.0397. The van der Waals surface area contributed by atoms with Crippen LogP contribution in [0.4, 0.5) is 5.82 Å². The molecule has 39 heavy (non-hydrogen) atoms. The number of halogens is 1. The van der Waals surface area contributed by atoms with Crippen LogP contribution in [0.3, 0.4) is 0 Å². The Morgan fingerprint density at radius 2 is 1.79 bits per heavy atom. The number of aryl methyl sites for hydroxylation is 1. The van der Waals surface area contributed by atoms with Gasteiger partial charge in [-0.05, 0) is 43.5 Å². The molecule has 2 aromatic carbocycles. The van der Waals surface area contributed by atoms with Crippen molar-refractivity contribution in [1.82, 2.24) is 19.4 Å². The zero-order chi connectivity index (χ0) is 27.4. The number of ether oxygens (including phenoxy) is 1. The summed E-state index contributed by atoms with van der Waals surface area (Å²) in [4.78, 5) is 37.9. The minimum Gasteiger partial charge on any atom is -0.494 e. The van der Waals surface area contributed by atoms with Crippen molar-refractivity contribution in [3.05, 3.63) is 75.6 Å². The molecular formula is C30H36BrN5O3. The van der Waals surface area contributed by atoms with Gasteiger partial charge in [-0.3, -0.25) is 19.4 Å². The van der Waals surface area contributed by atoms with Crippen molar-refractivity contribution < 1.29 is 14.3 Å². The number of hydrogen-bond donors (Lipinski definition) is 0. The van der Waals surface area contributed by atoms with Crippen LogP contribution in [0, 0.1) is 0 Å². The van der Waals surface area contributed by atoms with E-state index in [1.165, 1.54) is 0 Å². The number of nitrogens with zero attached hydrogens (tertiary/aromatic N) is 5. The van der Waals surface area contributed by atoms with Crippen LogP contribution in [0.1, 0.15) is 47.2 Å². The van der Waals surface area contributed by atoms with Crippen molar-refractivity contribution in [2.45, 2.75) is 45.7 Å². The van der Waals surface area contributed by atoms with E-state index in [1.54, 1.807) is 11.9 Å². The third-order valence-electron chi connectivity index (χ3n) is 7.53. The second-order valence-corrected chi connectivity index (χ2v) is 11.1. The number of aromatic nitrogens is 2. The van der Waals surface area contributed by atoms with Gasteiger partial charge in [-0.15, -0.1) is 0 Å². The van der Waals surface area contributed by atoms with Crippen LogP contribution in [-0.2, 0) is 30.7 Å². The van der Waals surface area contributed by atoms with E-state index >= 15 is 0 Å². The van der Waals surface area contributed by atoms with E-state index in [4.69, 9.17) is 9.72 Å². The Bertz CT molecular complexity index is 1320. The van der Waals surface area contributed by atoms with Crippen LogP contribution in [0.15, 0.2) is 53.0 Å². The molecule has 206 valence electrons. The molecule has 5 rings (SSSR count). The van der Waals surface area contributed by atoms with Crippen molar-refractivity contribution >= 4 is 33.6 Å². The maximum absolute atomic E-state index is 14.0. The number of carbonyl (C=O) groups excluding carboxylic acids is 2. The van der Waals surface area contributed by atoms with Gasteiger partial charge in [-0.1, -0.05) is 46.3 Å². The second kappa shape index (κ2) is 12.3. The molecule has 1 saturated heterocycles. The number of carbonyl (C=O) groups is 2. The van der Waals surface area contributed by atoms with Gasteiger partial charge in [0, 0.05) is 62.8 Å². The van der Waals surface area contributed by atoms with Crippen molar-refractivity contribution in [2.24, 2.45) is 0 Å². The Labute approximate surface area is 238 Å². The molecule has 1 aromatic heterocycles. The van der Waals surface area contributed by atoms with E-state index in [9.17, 15) is 9.59 Å². The molecular weight excluding hydrogens is 558 g/mol. The van der Waals surface area contributed by atoms with E-state index in [-0.39, 0.29) is 18.2 Å². The first-order chi connectivity index (χ1) is 18.9. The summed E-state index contributed by atoms with van der Waals surface area (Å²) < 4.78 is 8.91. The number of rotatable bonds is 8. The molecule has 0 atom stereocenters. The van der Waals surface area contributed by atoms with Gasteiger partial charge in [0.05, 0.1) is 13.0 Å². The van der Waals surface area contributed by atoms with Gasteiger partial charge in [0.1, 0.15) is 11.6 Å². The van der Waals surface area contributed by atoms with Gasteiger partial charge >= 0.3 is 0 Å². The molecule has 3 aromatic rings. The van der Waals surface area contributed by atoms with Gasteiger partial charge in [0.25, 0.3) is 5.91 Å². The lowest BCUT2D eigenvalue weighted by atomic mass is 10.1. The maximum atomic E-state index is 14.0. The van der Waals surface area contributed by atoms with E-state index in [0.29, 0.717) is 31.2 Å². The Morgan fingerprint density at radius 3 is 2.54 bits per heavy atom. The lowest BCUT2D eigenvalue weighted by molar-refractivity contribution is -0.117. The monoisotopic (exact) mass is 593 g/mol. The standard InChI is InChI=1S/C30H36BrN5O3/c1-3-39-25-13-12-24(31)20-23(25)21-34-15-17-35(18-16-34)30(38)28-29(32-26-11-7-8-14-36(26)28)33(2)27(37)19-22-9-5-4-6-10-22/h4-6,9-10,12-13,20H,3,7-8,11,14-19,21H2,1-2H3. The van der Waals surface area contributed by atoms with Crippen LogP contribution in [0.25, 0.3) is 0 Å². The summed E-state index contributed by atoms with van der Waals surface area (Å²) in [5, 5.41) is 0. The number of piperazine rings is 1. The molecule has 0 aliphatic carbocycles. The summed E-state index contributed by atoms with van der Waals surface area (Å²) in [5.41, 5.74) is 2.63. The number of anilines is 1. The molecule has 0 N–H and O–H groups in total.